The zero-order chi connectivity index (χ0) is 17.6. The van der Waals surface area contributed by atoms with E-state index in [1.165, 1.54) is 12.1 Å². The van der Waals surface area contributed by atoms with Crippen LogP contribution < -0.4 is 0 Å². The van der Waals surface area contributed by atoms with E-state index in [1.54, 1.807) is 27.6 Å². The second-order valence-corrected chi connectivity index (χ2v) is 6.51. The quantitative estimate of drug-likeness (QED) is 0.781. The van der Waals surface area contributed by atoms with Crippen molar-refractivity contribution < 1.29 is 14.3 Å². The normalized spacial score (nSPS) is 20.4. The third kappa shape index (κ3) is 2.89. The lowest BCUT2D eigenvalue weighted by molar-refractivity contribution is 0.0710. The van der Waals surface area contributed by atoms with Gasteiger partial charge in [0.25, 0.3) is 5.91 Å². The lowest BCUT2D eigenvalue weighted by Gasteiger charge is -2.24. The number of halogens is 1. The minimum atomic E-state index is -0.599. The lowest BCUT2D eigenvalue weighted by Crippen LogP contribution is -2.32. The summed E-state index contributed by atoms with van der Waals surface area (Å²) in [4.78, 5) is 19.0. The second-order valence-electron chi connectivity index (χ2n) is 6.51. The van der Waals surface area contributed by atoms with Gasteiger partial charge in [-0.3, -0.25) is 4.79 Å². The van der Waals surface area contributed by atoms with Gasteiger partial charge in [-0.15, -0.1) is 0 Å². The van der Waals surface area contributed by atoms with Crippen LogP contribution >= 0.6 is 0 Å². The van der Waals surface area contributed by atoms with Crippen LogP contribution in [0.1, 0.15) is 34.1 Å². The number of carbonyl (C=O) groups is 1. The highest BCUT2D eigenvalue weighted by atomic mass is 19.1. The van der Waals surface area contributed by atoms with Gasteiger partial charge in [-0.25, -0.2) is 9.37 Å². The molecule has 1 fully saturated rings. The van der Waals surface area contributed by atoms with Gasteiger partial charge in [0, 0.05) is 18.9 Å². The minimum Gasteiger partial charge on any atom is -0.391 e. The molecule has 1 amide bonds. The van der Waals surface area contributed by atoms with Crippen LogP contribution in [0.4, 0.5) is 4.39 Å². The summed E-state index contributed by atoms with van der Waals surface area (Å²) in [6.45, 7) is 2.21. The molecule has 2 aromatic heterocycles. The maximum absolute atomic E-state index is 13.2. The summed E-state index contributed by atoms with van der Waals surface area (Å²) in [5.41, 5.74) is 2.93. The maximum atomic E-state index is 13.2. The van der Waals surface area contributed by atoms with E-state index in [2.05, 4.69) is 4.98 Å². The van der Waals surface area contributed by atoms with Gasteiger partial charge in [-0.1, -0.05) is 12.1 Å². The Morgan fingerprint density at radius 1 is 1.28 bits per heavy atom. The number of β-amino-alcohol motifs (C(OH)–C–C–N with tert-alkyl or cyclic N) is 1. The molecule has 0 aliphatic carbocycles. The molecule has 3 heterocycles. The average Bonchev–Trinajstić information content (AvgIpc) is 3.18. The monoisotopic (exact) mass is 339 g/mol. The lowest BCUT2D eigenvalue weighted by atomic mass is 10.0. The molecule has 0 radical (unpaired) electrons. The van der Waals surface area contributed by atoms with E-state index in [9.17, 15) is 14.3 Å². The van der Waals surface area contributed by atoms with Gasteiger partial charge in [-0.05, 0) is 48.7 Å². The molecule has 0 bridgehead atoms. The van der Waals surface area contributed by atoms with Crippen molar-refractivity contribution >= 4 is 11.6 Å². The van der Waals surface area contributed by atoms with Crippen LogP contribution in [0.2, 0.25) is 0 Å². The van der Waals surface area contributed by atoms with Crippen molar-refractivity contribution in [1.82, 2.24) is 14.3 Å². The molecule has 0 spiro atoms. The zero-order valence-electron chi connectivity index (χ0n) is 13.8. The number of hydrogen-bond acceptors (Lipinski definition) is 3. The maximum Gasteiger partial charge on any atom is 0.274 e. The second kappa shape index (κ2) is 5.97. The van der Waals surface area contributed by atoms with Gasteiger partial charge in [0.2, 0.25) is 0 Å². The highest BCUT2D eigenvalue weighted by Gasteiger charge is 2.36. The summed E-state index contributed by atoms with van der Waals surface area (Å²) in [6.07, 6.45) is 3.40. The summed E-state index contributed by atoms with van der Waals surface area (Å²) < 4.78 is 15.0. The number of likely N-dealkylation sites (tertiary alicyclic amines) is 1. The van der Waals surface area contributed by atoms with E-state index in [-0.39, 0.29) is 24.3 Å². The summed E-state index contributed by atoms with van der Waals surface area (Å²) in [5, 5.41) is 10.1. The van der Waals surface area contributed by atoms with Gasteiger partial charge in [0.1, 0.15) is 17.2 Å². The van der Waals surface area contributed by atoms with Crippen LogP contribution in [0, 0.1) is 12.7 Å². The topological polar surface area (TPSA) is 57.8 Å². The van der Waals surface area contributed by atoms with Crippen LogP contribution in [-0.2, 0) is 0 Å². The first kappa shape index (κ1) is 15.8. The first-order valence-corrected chi connectivity index (χ1v) is 8.21. The van der Waals surface area contributed by atoms with Crippen molar-refractivity contribution in [1.29, 1.82) is 0 Å². The number of nitrogens with zero attached hydrogens (tertiary/aromatic N) is 3. The first-order valence-electron chi connectivity index (χ1n) is 8.21. The van der Waals surface area contributed by atoms with E-state index >= 15 is 0 Å². The van der Waals surface area contributed by atoms with E-state index in [1.807, 2.05) is 25.3 Å². The number of aryl methyl sites for hydroxylation is 1. The highest BCUT2D eigenvalue weighted by molar-refractivity contribution is 5.93. The van der Waals surface area contributed by atoms with E-state index in [4.69, 9.17) is 0 Å². The number of fused-ring (bicyclic) bond motifs is 1. The van der Waals surface area contributed by atoms with E-state index < -0.39 is 6.10 Å². The van der Waals surface area contributed by atoms with Crippen LogP contribution in [0.3, 0.4) is 0 Å². The number of hydrogen-bond donors (Lipinski definition) is 1. The molecule has 1 saturated heterocycles. The van der Waals surface area contributed by atoms with Gasteiger partial charge >= 0.3 is 0 Å². The Morgan fingerprint density at radius 2 is 2.04 bits per heavy atom. The van der Waals surface area contributed by atoms with Crippen LogP contribution in [0.15, 0.2) is 48.8 Å². The number of carbonyl (C=O) groups excluding carboxylic acids is 1. The predicted octanol–water partition coefficient (Wildman–Crippen LogP) is 2.73. The summed E-state index contributed by atoms with van der Waals surface area (Å²) >= 11 is 0. The predicted molar refractivity (Wildman–Crippen MR) is 90.7 cm³/mol. The summed E-state index contributed by atoms with van der Waals surface area (Å²) in [6, 6.07) is 9.63. The Morgan fingerprint density at radius 3 is 2.80 bits per heavy atom. The van der Waals surface area contributed by atoms with Crippen molar-refractivity contribution in [2.24, 2.45) is 0 Å². The Balaban J connectivity index is 1.67. The van der Waals surface area contributed by atoms with Crippen molar-refractivity contribution in [2.45, 2.75) is 25.5 Å². The van der Waals surface area contributed by atoms with E-state index in [0.717, 1.165) is 11.1 Å². The molecule has 1 aliphatic heterocycles. The fourth-order valence-electron chi connectivity index (χ4n) is 3.37. The molecule has 1 aromatic carbocycles. The molecule has 0 unspecified atom stereocenters. The number of rotatable bonds is 2. The number of aromatic nitrogens is 2. The molecular weight excluding hydrogens is 321 g/mol. The smallest absolute Gasteiger partial charge is 0.274 e. The van der Waals surface area contributed by atoms with Crippen molar-refractivity contribution in [2.75, 3.05) is 6.54 Å². The van der Waals surface area contributed by atoms with Crippen LogP contribution in [0.25, 0.3) is 5.65 Å². The third-order valence-corrected chi connectivity index (χ3v) is 4.63. The number of amides is 1. The Labute approximate surface area is 144 Å². The molecule has 1 aliphatic rings. The number of benzene rings is 1. The van der Waals surface area contributed by atoms with Gasteiger partial charge in [0.05, 0.1) is 12.1 Å². The highest BCUT2D eigenvalue weighted by Crippen LogP contribution is 2.33. The fraction of sp³-hybridized carbons (Fsp3) is 0.263. The first-order chi connectivity index (χ1) is 12.0. The molecule has 4 rings (SSSR count). The number of aliphatic hydroxyl groups is 1. The van der Waals surface area contributed by atoms with Crippen molar-refractivity contribution in [3.63, 3.8) is 0 Å². The SMILES string of the molecule is Cc1ccn2cc(C(=O)N3C[C@H](O)C[C@H]3c3ccc(F)cc3)nc2c1. The minimum absolute atomic E-state index is 0.229. The van der Waals surface area contributed by atoms with Gasteiger partial charge in [0.15, 0.2) is 0 Å². The Kier molecular flexibility index (Phi) is 3.77. The van der Waals surface area contributed by atoms with Gasteiger partial charge in [-0.2, -0.15) is 0 Å². The fourth-order valence-corrected chi connectivity index (χ4v) is 3.37. The largest absolute Gasteiger partial charge is 0.391 e. The van der Waals surface area contributed by atoms with Crippen molar-refractivity contribution in [3.8, 4) is 0 Å². The molecular formula is C19H18FN3O2. The van der Waals surface area contributed by atoms with E-state index in [0.29, 0.717) is 17.8 Å². The van der Waals surface area contributed by atoms with Crippen LogP contribution in [0.5, 0.6) is 0 Å². The third-order valence-electron chi connectivity index (χ3n) is 4.63. The van der Waals surface area contributed by atoms with Crippen LogP contribution in [-0.4, -0.2) is 37.9 Å². The number of pyridine rings is 1. The molecule has 1 N–H and O–H groups in total. The van der Waals surface area contributed by atoms with Crippen molar-refractivity contribution in [3.05, 3.63) is 71.4 Å². The Hall–Kier alpha value is -2.73. The molecule has 6 heteroatoms. The molecule has 0 saturated carbocycles. The number of aliphatic hydroxyl groups excluding tert-OH is 1. The molecule has 128 valence electrons. The molecule has 2 atom stereocenters. The average molecular weight is 339 g/mol. The van der Waals surface area contributed by atoms with Gasteiger partial charge < -0.3 is 14.4 Å². The summed E-state index contributed by atoms with van der Waals surface area (Å²) in [5.74, 6) is -0.553. The Bertz CT molecular complexity index is 935. The summed E-state index contributed by atoms with van der Waals surface area (Å²) in [7, 11) is 0. The molecule has 25 heavy (non-hydrogen) atoms. The standard InChI is InChI=1S/C19H18FN3O2/c1-12-6-7-22-11-16(21-18(22)8-12)19(25)23-10-15(24)9-17(23)13-2-4-14(20)5-3-13/h2-8,11,15,17,24H,9-10H2,1H3/t15-,17+/m1/s1. The number of imidazole rings is 1. The molecule has 3 aromatic rings. The zero-order valence-corrected chi connectivity index (χ0v) is 13.8. The molecule has 5 nitrogen and oxygen atoms in total.